The van der Waals surface area contributed by atoms with E-state index in [-0.39, 0.29) is 23.7 Å². The van der Waals surface area contributed by atoms with Gasteiger partial charge in [-0.05, 0) is 12.8 Å². The Bertz CT molecular complexity index is 175. The van der Waals surface area contributed by atoms with Crippen LogP contribution in [-0.2, 0) is 9.53 Å². The molecule has 1 N–H and O–H groups in total. The molecule has 1 aliphatic rings. The van der Waals surface area contributed by atoms with Gasteiger partial charge < -0.3 is 9.84 Å². The average Bonchev–Trinajstić information content (AvgIpc) is 2.30. The molecule has 0 bridgehead atoms. The largest absolute Gasteiger partial charge is 0.465 e. The molecule has 1 heterocycles. The molecular weight excluding hydrogens is 156 g/mol. The predicted octanol–water partition coefficient (Wildman–Crippen LogP) is 0.812. The van der Waals surface area contributed by atoms with Crippen LogP contribution in [0.3, 0.4) is 0 Å². The van der Waals surface area contributed by atoms with Gasteiger partial charge in [0.05, 0.1) is 18.6 Å². The fourth-order valence-corrected chi connectivity index (χ4v) is 1.76. The molecule has 0 aliphatic carbocycles. The lowest BCUT2D eigenvalue weighted by Gasteiger charge is -2.20. The standard InChI is InChI=1S/C9H16O3/c1-5(2)8-7(6(3)10)4-12-9(8)11/h5-8,10H,4H2,1-3H3. The Kier molecular flexibility index (Phi) is 2.73. The molecule has 3 nitrogen and oxygen atoms in total. The molecular formula is C9H16O3. The minimum absolute atomic E-state index is 0.0162. The van der Waals surface area contributed by atoms with E-state index in [0.29, 0.717) is 6.61 Å². The lowest BCUT2D eigenvalue weighted by atomic mass is 9.83. The SMILES string of the molecule is CC(C)C1C(=O)OCC1C(C)O. The van der Waals surface area contributed by atoms with E-state index in [0.717, 1.165) is 0 Å². The van der Waals surface area contributed by atoms with E-state index in [9.17, 15) is 9.90 Å². The highest BCUT2D eigenvalue weighted by Crippen LogP contribution is 2.30. The average molecular weight is 172 g/mol. The fraction of sp³-hybridized carbons (Fsp3) is 0.889. The zero-order valence-corrected chi connectivity index (χ0v) is 7.78. The lowest BCUT2D eigenvalue weighted by Crippen LogP contribution is -2.29. The van der Waals surface area contributed by atoms with Gasteiger partial charge in [0, 0.05) is 5.92 Å². The number of rotatable bonds is 2. The molecule has 3 unspecified atom stereocenters. The number of carbonyl (C=O) groups excluding carboxylic acids is 1. The van der Waals surface area contributed by atoms with Crippen molar-refractivity contribution >= 4 is 5.97 Å². The second-order valence-electron chi connectivity index (χ2n) is 3.80. The Hall–Kier alpha value is -0.570. The molecule has 3 atom stereocenters. The van der Waals surface area contributed by atoms with E-state index in [4.69, 9.17) is 4.74 Å². The molecule has 0 aromatic rings. The minimum Gasteiger partial charge on any atom is -0.465 e. The van der Waals surface area contributed by atoms with E-state index >= 15 is 0 Å². The van der Waals surface area contributed by atoms with Crippen molar-refractivity contribution in [1.82, 2.24) is 0 Å². The monoisotopic (exact) mass is 172 g/mol. The summed E-state index contributed by atoms with van der Waals surface area (Å²) >= 11 is 0. The maximum atomic E-state index is 11.2. The Morgan fingerprint density at radius 1 is 1.50 bits per heavy atom. The van der Waals surface area contributed by atoms with Crippen LogP contribution >= 0.6 is 0 Å². The second-order valence-corrected chi connectivity index (χ2v) is 3.80. The number of ether oxygens (including phenoxy) is 1. The molecule has 0 saturated carbocycles. The van der Waals surface area contributed by atoms with Crippen molar-refractivity contribution in [2.75, 3.05) is 6.61 Å². The van der Waals surface area contributed by atoms with Gasteiger partial charge in [-0.15, -0.1) is 0 Å². The van der Waals surface area contributed by atoms with Crippen molar-refractivity contribution < 1.29 is 14.6 Å². The number of esters is 1. The summed E-state index contributed by atoms with van der Waals surface area (Å²) in [4.78, 5) is 11.2. The summed E-state index contributed by atoms with van der Waals surface area (Å²) in [5.74, 6) is -0.0435. The van der Waals surface area contributed by atoms with E-state index < -0.39 is 6.10 Å². The van der Waals surface area contributed by atoms with Crippen molar-refractivity contribution in [2.24, 2.45) is 17.8 Å². The van der Waals surface area contributed by atoms with E-state index in [1.165, 1.54) is 0 Å². The molecule has 0 aromatic heterocycles. The molecule has 0 aromatic carbocycles. The van der Waals surface area contributed by atoms with Gasteiger partial charge in [-0.3, -0.25) is 4.79 Å². The molecule has 0 radical (unpaired) electrons. The Morgan fingerprint density at radius 2 is 2.08 bits per heavy atom. The number of hydrogen-bond acceptors (Lipinski definition) is 3. The van der Waals surface area contributed by atoms with Crippen molar-refractivity contribution in [3.8, 4) is 0 Å². The summed E-state index contributed by atoms with van der Waals surface area (Å²) in [5, 5.41) is 9.36. The summed E-state index contributed by atoms with van der Waals surface area (Å²) in [6.45, 7) is 6.04. The van der Waals surface area contributed by atoms with Crippen LogP contribution in [0.25, 0.3) is 0 Å². The maximum Gasteiger partial charge on any atom is 0.309 e. The highest BCUT2D eigenvalue weighted by molar-refractivity contribution is 5.75. The van der Waals surface area contributed by atoms with Gasteiger partial charge in [0.2, 0.25) is 0 Å². The zero-order valence-electron chi connectivity index (χ0n) is 7.78. The third-order valence-corrected chi connectivity index (χ3v) is 2.49. The smallest absolute Gasteiger partial charge is 0.309 e. The zero-order chi connectivity index (χ0) is 9.30. The van der Waals surface area contributed by atoms with Crippen molar-refractivity contribution in [1.29, 1.82) is 0 Å². The van der Waals surface area contributed by atoms with Gasteiger partial charge in [0.1, 0.15) is 0 Å². The first-order chi connectivity index (χ1) is 5.54. The topological polar surface area (TPSA) is 46.5 Å². The lowest BCUT2D eigenvalue weighted by molar-refractivity contribution is -0.142. The van der Waals surface area contributed by atoms with Crippen LogP contribution in [-0.4, -0.2) is 23.8 Å². The second kappa shape index (κ2) is 3.44. The van der Waals surface area contributed by atoms with Gasteiger partial charge in [-0.1, -0.05) is 13.8 Å². The first-order valence-electron chi connectivity index (χ1n) is 4.38. The molecule has 12 heavy (non-hydrogen) atoms. The molecule has 1 rings (SSSR count). The van der Waals surface area contributed by atoms with Crippen LogP contribution in [0.4, 0.5) is 0 Å². The predicted molar refractivity (Wildman–Crippen MR) is 44.5 cm³/mol. The van der Waals surface area contributed by atoms with Gasteiger partial charge in [-0.25, -0.2) is 0 Å². The molecule has 70 valence electrons. The van der Waals surface area contributed by atoms with Crippen LogP contribution in [0.5, 0.6) is 0 Å². The summed E-state index contributed by atoms with van der Waals surface area (Å²) in [6.07, 6.45) is -0.455. The normalized spacial score (nSPS) is 32.2. The maximum absolute atomic E-state index is 11.2. The summed E-state index contributed by atoms with van der Waals surface area (Å²) in [6, 6.07) is 0. The Morgan fingerprint density at radius 3 is 2.42 bits per heavy atom. The molecule has 0 amide bonds. The van der Waals surface area contributed by atoms with E-state index in [2.05, 4.69) is 0 Å². The molecule has 1 fully saturated rings. The van der Waals surface area contributed by atoms with E-state index in [1.807, 2.05) is 13.8 Å². The Labute approximate surface area is 72.7 Å². The minimum atomic E-state index is -0.455. The van der Waals surface area contributed by atoms with Gasteiger partial charge in [0.25, 0.3) is 0 Å². The van der Waals surface area contributed by atoms with Crippen LogP contribution in [0.1, 0.15) is 20.8 Å². The van der Waals surface area contributed by atoms with Gasteiger partial charge in [-0.2, -0.15) is 0 Å². The quantitative estimate of drug-likeness (QED) is 0.627. The van der Waals surface area contributed by atoms with Crippen LogP contribution in [0.15, 0.2) is 0 Å². The number of carbonyl (C=O) groups is 1. The van der Waals surface area contributed by atoms with Crippen molar-refractivity contribution in [3.05, 3.63) is 0 Å². The number of cyclic esters (lactones) is 1. The highest BCUT2D eigenvalue weighted by Gasteiger charge is 2.41. The van der Waals surface area contributed by atoms with Crippen LogP contribution in [0.2, 0.25) is 0 Å². The number of hydrogen-bond donors (Lipinski definition) is 1. The van der Waals surface area contributed by atoms with Gasteiger partial charge in [0.15, 0.2) is 0 Å². The number of aliphatic hydroxyl groups excluding tert-OH is 1. The third kappa shape index (κ3) is 1.61. The summed E-state index contributed by atoms with van der Waals surface area (Å²) < 4.78 is 4.90. The van der Waals surface area contributed by atoms with Crippen molar-refractivity contribution in [2.45, 2.75) is 26.9 Å². The molecule has 1 aliphatic heterocycles. The van der Waals surface area contributed by atoms with Crippen LogP contribution in [0, 0.1) is 17.8 Å². The summed E-state index contributed by atoms with van der Waals surface area (Å²) in [7, 11) is 0. The van der Waals surface area contributed by atoms with Crippen LogP contribution < -0.4 is 0 Å². The Balaban J connectivity index is 2.70. The molecule has 1 saturated heterocycles. The first kappa shape index (κ1) is 9.52. The van der Waals surface area contributed by atoms with Crippen molar-refractivity contribution in [3.63, 3.8) is 0 Å². The highest BCUT2D eigenvalue weighted by atomic mass is 16.5. The summed E-state index contributed by atoms with van der Waals surface area (Å²) in [5.41, 5.74) is 0. The van der Waals surface area contributed by atoms with Gasteiger partial charge >= 0.3 is 5.97 Å². The third-order valence-electron chi connectivity index (χ3n) is 2.49. The number of aliphatic hydroxyl groups is 1. The fourth-order valence-electron chi connectivity index (χ4n) is 1.76. The molecule has 3 heteroatoms. The molecule has 0 spiro atoms. The first-order valence-corrected chi connectivity index (χ1v) is 4.38. The van der Waals surface area contributed by atoms with E-state index in [1.54, 1.807) is 6.92 Å².